The van der Waals surface area contributed by atoms with Crippen LogP contribution >= 0.6 is 27.5 Å². The number of hydrogen-bond acceptors (Lipinski definition) is 5. The molecule has 184 valence electrons. The number of carbonyl (C=O) groups excluding carboxylic acids is 1. The molecule has 1 fully saturated rings. The van der Waals surface area contributed by atoms with Gasteiger partial charge in [-0.3, -0.25) is 9.00 Å². The molecule has 6 nitrogen and oxygen atoms in total. The van der Waals surface area contributed by atoms with Crippen LogP contribution in [-0.2, 0) is 24.5 Å². The Morgan fingerprint density at radius 3 is 2.75 bits per heavy atom. The first-order valence-electron chi connectivity index (χ1n) is 11.5. The Morgan fingerprint density at radius 1 is 1.14 bits per heavy atom. The molecule has 5 rings (SSSR count). The smallest absolute Gasteiger partial charge is 0.223 e. The number of halogens is 2. The number of aryl methyl sites for hydroxylation is 1. The van der Waals surface area contributed by atoms with Crippen molar-refractivity contribution in [3.8, 4) is 5.88 Å². The molecule has 1 saturated heterocycles. The van der Waals surface area contributed by atoms with Gasteiger partial charge in [0, 0.05) is 22.8 Å². The van der Waals surface area contributed by atoms with Crippen molar-refractivity contribution in [2.45, 2.75) is 25.9 Å². The Kier molecular flexibility index (Phi) is 7.37. The topological polar surface area (TPSA) is 73.5 Å². The van der Waals surface area contributed by atoms with E-state index in [-0.39, 0.29) is 23.0 Å². The van der Waals surface area contributed by atoms with E-state index in [0.717, 1.165) is 29.2 Å². The molecule has 0 saturated carbocycles. The molecule has 0 aliphatic carbocycles. The zero-order valence-corrected chi connectivity index (χ0v) is 22.7. The number of ketones is 1. The minimum absolute atomic E-state index is 0.203. The van der Waals surface area contributed by atoms with Crippen molar-refractivity contribution < 1.29 is 13.7 Å². The lowest BCUT2D eigenvalue weighted by atomic mass is 10.0. The number of carbonyl (C=O) groups is 1. The number of rotatable bonds is 6. The SMILES string of the molecule is Cn1ncc(C(=O)c2ccc(Br)c(N=C3CCCCS3=O)c2Cl)c1OCc1ccc2ccccc2c1. The lowest BCUT2D eigenvalue weighted by molar-refractivity contribution is 0.103. The maximum Gasteiger partial charge on any atom is 0.223 e. The van der Waals surface area contributed by atoms with Gasteiger partial charge < -0.3 is 4.74 Å². The molecule has 0 radical (unpaired) electrons. The molecule has 1 aliphatic rings. The summed E-state index contributed by atoms with van der Waals surface area (Å²) in [7, 11) is 0.601. The van der Waals surface area contributed by atoms with Gasteiger partial charge in [0.25, 0.3) is 0 Å². The minimum Gasteiger partial charge on any atom is -0.472 e. The molecule has 36 heavy (non-hydrogen) atoms. The fourth-order valence-corrected chi connectivity index (χ4v) is 6.26. The summed E-state index contributed by atoms with van der Waals surface area (Å²) in [6.07, 6.45) is 4.00. The van der Waals surface area contributed by atoms with Gasteiger partial charge in [-0.15, -0.1) is 0 Å². The van der Waals surface area contributed by atoms with Crippen LogP contribution in [0.25, 0.3) is 10.8 Å². The fraction of sp³-hybridized carbons (Fsp3) is 0.222. The second-order valence-electron chi connectivity index (χ2n) is 8.56. The van der Waals surface area contributed by atoms with Crippen LogP contribution in [0.15, 0.2) is 70.3 Å². The average molecular weight is 585 g/mol. The van der Waals surface area contributed by atoms with E-state index >= 15 is 0 Å². The van der Waals surface area contributed by atoms with Crippen molar-refractivity contribution in [1.82, 2.24) is 9.78 Å². The lowest BCUT2D eigenvalue weighted by Gasteiger charge is -2.14. The molecule has 4 aromatic rings. The summed E-state index contributed by atoms with van der Waals surface area (Å²) in [5, 5.41) is 7.33. The van der Waals surface area contributed by atoms with Gasteiger partial charge in [-0.2, -0.15) is 5.10 Å². The van der Waals surface area contributed by atoms with Crippen LogP contribution in [0, 0.1) is 0 Å². The Balaban J connectivity index is 1.43. The van der Waals surface area contributed by atoms with E-state index in [2.05, 4.69) is 44.2 Å². The summed E-state index contributed by atoms with van der Waals surface area (Å²) >= 11 is 10.2. The first-order chi connectivity index (χ1) is 17.4. The van der Waals surface area contributed by atoms with Crippen molar-refractivity contribution in [3.63, 3.8) is 0 Å². The van der Waals surface area contributed by atoms with Crippen molar-refractivity contribution in [3.05, 3.63) is 87.0 Å². The third-order valence-corrected chi connectivity index (χ3v) is 8.60. The molecule has 1 unspecified atom stereocenters. The molecule has 3 aromatic carbocycles. The van der Waals surface area contributed by atoms with E-state index in [1.54, 1.807) is 19.2 Å². The maximum absolute atomic E-state index is 13.6. The van der Waals surface area contributed by atoms with Crippen molar-refractivity contribution >= 4 is 65.6 Å². The molecule has 1 aromatic heterocycles. The zero-order chi connectivity index (χ0) is 25.2. The molecule has 0 bridgehead atoms. The van der Waals surface area contributed by atoms with E-state index in [0.29, 0.717) is 38.8 Å². The largest absolute Gasteiger partial charge is 0.472 e. The van der Waals surface area contributed by atoms with Crippen molar-refractivity contribution in [1.29, 1.82) is 0 Å². The lowest BCUT2D eigenvalue weighted by Crippen LogP contribution is -2.16. The average Bonchev–Trinajstić information content (AvgIpc) is 3.26. The van der Waals surface area contributed by atoms with E-state index in [1.807, 2.05) is 24.3 Å². The van der Waals surface area contributed by atoms with Gasteiger partial charge >= 0.3 is 0 Å². The standard InChI is InChI=1S/C27H23BrClN3O3S/c1-32-27(35-16-17-9-10-18-6-2-3-7-19(18)14-17)21(15-30-32)26(33)20-11-12-22(28)25(24(20)29)31-23-8-4-5-13-36(23)34/h2-3,6-7,9-12,14-15H,4-5,8,13,16H2,1H3. The molecule has 0 amide bonds. The van der Waals surface area contributed by atoms with Gasteiger partial charge in [-0.25, -0.2) is 9.67 Å². The molecule has 9 heteroatoms. The third-order valence-electron chi connectivity index (χ3n) is 6.10. The van der Waals surface area contributed by atoms with Gasteiger partial charge in [0.05, 0.1) is 27.7 Å². The highest BCUT2D eigenvalue weighted by atomic mass is 79.9. The number of nitrogens with zero attached hydrogens (tertiary/aromatic N) is 3. The van der Waals surface area contributed by atoms with Gasteiger partial charge in [0.1, 0.15) is 17.2 Å². The number of aromatic nitrogens is 2. The van der Waals surface area contributed by atoms with Crippen LogP contribution in [0.1, 0.15) is 40.7 Å². The summed E-state index contributed by atoms with van der Waals surface area (Å²) in [6, 6.07) is 17.6. The van der Waals surface area contributed by atoms with Crippen LogP contribution in [0.4, 0.5) is 5.69 Å². The zero-order valence-electron chi connectivity index (χ0n) is 19.5. The number of hydrogen-bond donors (Lipinski definition) is 0. The van der Waals surface area contributed by atoms with Crippen LogP contribution in [0.3, 0.4) is 0 Å². The Morgan fingerprint density at radius 2 is 1.94 bits per heavy atom. The van der Waals surface area contributed by atoms with Crippen LogP contribution in [0.2, 0.25) is 5.02 Å². The minimum atomic E-state index is -1.13. The maximum atomic E-state index is 13.6. The highest BCUT2D eigenvalue weighted by Gasteiger charge is 2.24. The highest BCUT2D eigenvalue weighted by Crippen LogP contribution is 2.38. The normalized spacial score (nSPS) is 17.0. The fourth-order valence-electron chi connectivity index (χ4n) is 4.17. The summed E-state index contributed by atoms with van der Waals surface area (Å²) in [5.41, 5.74) is 1.98. The van der Waals surface area contributed by atoms with Crippen molar-refractivity contribution in [2.24, 2.45) is 12.0 Å². The van der Waals surface area contributed by atoms with Gasteiger partial charge in [-0.05, 0) is 69.7 Å². The Labute approximate surface area is 224 Å². The molecular weight excluding hydrogens is 562 g/mol. The Bertz CT molecular complexity index is 1530. The van der Waals surface area contributed by atoms with Gasteiger partial charge in [0.15, 0.2) is 0 Å². The molecular formula is C27H23BrClN3O3S. The van der Waals surface area contributed by atoms with Gasteiger partial charge in [-0.1, -0.05) is 48.0 Å². The molecule has 1 atom stereocenters. The first kappa shape index (κ1) is 24.9. The monoisotopic (exact) mass is 583 g/mol. The van der Waals surface area contributed by atoms with Crippen LogP contribution in [-0.4, -0.2) is 30.6 Å². The second-order valence-corrected chi connectivity index (χ2v) is 11.4. The number of benzene rings is 3. The summed E-state index contributed by atoms with van der Waals surface area (Å²) in [6.45, 7) is 0.281. The van der Waals surface area contributed by atoms with Gasteiger partial charge in [0.2, 0.25) is 11.7 Å². The molecule has 0 spiro atoms. The molecule has 0 N–H and O–H groups in total. The van der Waals surface area contributed by atoms with E-state index < -0.39 is 10.8 Å². The van der Waals surface area contributed by atoms with E-state index in [4.69, 9.17) is 16.3 Å². The molecule has 1 aliphatic heterocycles. The number of aliphatic imine (C=N–C) groups is 1. The Hall–Kier alpha value is -2.81. The van der Waals surface area contributed by atoms with Crippen LogP contribution < -0.4 is 4.74 Å². The number of ether oxygens (including phenoxy) is 1. The molecule has 2 heterocycles. The quantitative estimate of drug-likeness (QED) is 0.235. The predicted octanol–water partition coefficient (Wildman–Crippen LogP) is 6.76. The second kappa shape index (κ2) is 10.7. The predicted molar refractivity (Wildman–Crippen MR) is 148 cm³/mol. The van der Waals surface area contributed by atoms with Crippen LogP contribution in [0.5, 0.6) is 5.88 Å². The number of fused-ring (bicyclic) bond motifs is 1. The van der Waals surface area contributed by atoms with E-state index in [9.17, 15) is 9.00 Å². The summed E-state index contributed by atoms with van der Waals surface area (Å²) < 4.78 is 20.6. The highest BCUT2D eigenvalue weighted by molar-refractivity contribution is 9.10. The summed E-state index contributed by atoms with van der Waals surface area (Å²) in [5.74, 6) is 0.633. The van der Waals surface area contributed by atoms with E-state index in [1.165, 1.54) is 10.9 Å². The third kappa shape index (κ3) is 5.03. The van der Waals surface area contributed by atoms with Crippen molar-refractivity contribution in [2.75, 3.05) is 5.75 Å². The first-order valence-corrected chi connectivity index (χ1v) is 14.0. The summed E-state index contributed by atoms with van der Waals surface area (Å²) in [4.78, 5) is 18.2.